The van der Waals surface area contributed by atoms with Crippen LogP contribution in [0.3, 0.4) is 0 Å². The number of aliphatic hydroxyl groups excluding tert-OH is 1. The fraction of sp³-hybridized carbons (Fsp3) is 0.474. The van der Waals surface area contributed by atoms with Crippen LogP contribution in [-0.2, 0) is 6.42 Å². The molecule has 1 aromatic carbocycles. The average molecular weight is 347 g/mol. The molecule has 0 bridgehead atoms. The summed E-state index contributed by atoms with van der Waals surface area (Å²) < 4.78 is 27.3. The van der Waals surface area contributed by atoms with Crippen molar-refractivity contribution in [2.45, 2.75) is 33.1 Å². The molecule has 4 nitrogen and oxygen atoms in total. The van der Waals surface area contributed by atoms with Crippen LogP contribution in [0.25, 0.3) is 0 Å². The maximum atomic E-state index is 14.1. The Hall–Kier alpha value is -2.08. The van der Waals surface area contributed by atoms with E-state index in [1.165, 1.54) is 12.1 Å². The molecule has 1 saturated heterocycles. The van der Waals surface area contributed by atoms with Gasteiger partial charge in [-0.05, 0) is 44.7 Å². The first-order valence-electron chi connectivity index (χ1n) is 8.52. The number of nitrogens with zero attached hydrogens (tertiary/aromatic N) is 3. The molecule has 1 fully saturated rings. The van der Waals surface area contributed by atoms with E-state index in [0.717, 1.165) is 36.8 Å². The predicted octanol–water partition coefficient (Wildman–Crippen LogP) is 3.19. The number of rotatable bonds is 4. The van der Waals surface area contributed by atoms with Gasteiger partial charge in [-0.3, -0.25) is 0 Å². The summed E-state index contributed by atoms with van der Waals surface area (Å²) in [7, 11) is 0. The SMILES string of the molecule is Cc1ncc(C)c(N2CCC[C@](CO)(Cc3ccc(F)cc3F)C2)n1. The number of aromatic nitrogens is 2. The van der Waals surface area contributed by atoms with E-state index in [1.54, 1.807) is 6.20 Å². The molecule has 134 valence electrons. The molecule has 1 aliphatic rings. The smallest absolute Gasteiger partial charge is 0.135 e. The Kier molecular flexibility index (Phi) is 4.99. The highest BCUT2D eigenvalue weighted by atomic mass is 19.1. The maximum Gasteiger partial charge on any atom is 0.135 e. The van der Waals surface area contributed by atoms with Crippen molar-refractivity contribution in [2.75, 3.05) is 24.6 Å². The summed E-state index contributed by atoms with van der Waals surface area (Å²) in [5.74, 6) is 0.422. The van der Waals surface area contributed by atoms with Crippen LogP contribution in [0.5, 0.6) is 0 Å². The molecule has 1 aliphatic heterocycles. The van der Waals surface area contributed by atoms with Crippen molar-refractivity contribution in [2.24, 2.45) is 5.41 Å². The first-order chi connectivity index (χ1) is 11.9. The second kappa shape index (κ2) is 7.04. The lowest BCUT2D eigenvalue weighted by atomic mass is 9.75. The average Bonchev–Trinajstić information content (AvgIpc) is 2.60. The molecule has 25 heavy (non-hydrogen) atoms. The largest absolute Gasteiger partial charge is 0.396 e. The first kappa shape index (κ1) is 17.7. The summed E-state index contributed by atoms with van der Waals surface area (Å²) in [6, 6.07) is 3.64. The Labute approximate surface area is 146 Å². The summed E-state index contributed by atoms with van der Waals surface area (Å²) in [6.07, 6.45) is 3.84. The van der Waals surface area contributed by atoms with Crippen molar-refractivity contribution in [3.63, 3.8) is 0 Å². The predicted molar refractivity (Wildman–Crippen MR) is 92.5 cm³/mol. The van der Waals surface area contributed by atoms with Gasteiger partial charge < -0.3 is 10.0 Å². The number of hydrogen-bond acceptors (Lipinski definition) is 4. The van der Waals surface area contributed by atoms with Crippen LogP contribution in [0.4, 0.5) is 14.6 Å². The van der Waals surface area contributed by atoms with Crippen LogP contribution in [-0.4, -0.2) is 34.8 Å². The normalized spacial score (nSPS) is 20.8. The van der Waals surface area contributed by atoms with Crippen LogP contribution in [0.15, 0.2) is 24.4 Å². The minimum absolute atomic E-state index is 0.0522. The third-order valence-electron chi connectivity index (χ3n) is 4.94. The number of anilines is 1. The molecule has 0 spiro atoms. The van der Waals surface area contributed by atoms with E-state index in [9.17, 15) is 13.9 Å². The van der Waals surface area contributed by atoms with E-state index < -0.39 is 17.0 Å². The quantitative estimate of drug-likeness (QED) is 0.923. The van der Waals surface area contributed by atoms with E-state index in [-0.39, 0.29) is 6.61 Å². The van der Waals surface area contributed by atoms with Crippen molar-refractivity contribution in [3.05, 3.63) is 53.0 Å². The van der Waals surface area contributed by atoms with Crippen molar-refractivity contribution in [1.82, 2.24) is 9.97 Å². The highest BCUT2D eigenvalue weighted by Gasteiger charge is 2.36. The lowest BCUT2D eigenvalue weighted by Gasteiger charge is -2.43. The van der Waals surface area contributed by atoms with E-state index in [2.05, 4.69) is 14.9 Å². The third kappa shape index (κ3) is 3.79. The monoisotopic (exact) mass is 347 g/mol. The van der Waals surface area contributed by atoms with Crippen LogP contribution < -0.4 is 4.90 Å². The molecule has 3 rings (SSSR count). The van der Waals surface area contributed by atoms with Gasteiger partial charge in [0.15, 0.2) is 0 Å². The zero-order chi connectivity index (χ0) is 18.0. The second-order valence-corrected chi connectivity index (χ2v) is 7.02. The molecule has 0 aliphatic carbocycles. The third-order valence-corrected chi connectivity index (χ3v) is 4.94. The van der Waals surface area contributed by atoms with Gasteiger partial charge in [0.05, 0.1) is 6.61 Å². The van der Waals surface area contributed by atoms with E-state index in [0.29, 0.717) is 24.4 Å². The number of halogens is 2. The molecule has 2 heterocycles. The molecule has 0 amide bonds. The number of benzene rings is 1. The van der Waals surface area contributed by atoms with E-state index in [1.807, 2.05) is 13.8 Å². The number of aliphatic hydroxyl groups is 1. The van der Waals surface area contributed by atoms with Crippen molar-refractivity contribution in [3.8, 4) is 0 Å². The zero-order valence-corrected chi connectivity index (χ0v) is 14.6. The summed E-state index contributed by atoms with van der Waals surface area (Å²) in [4.78, 5) is 10.9. The number of hydrogen-bond donors (Lipinski definition) is 1. The van der Waals surface area contributed by atoms with Gasteiger partial charge in [-0.25, -0.2) is 18.7 Å². The molecule has 0 radical (unpaired) electrons. The molecule has 2 aromatic rings. The Morgan fingerprint density at radius 2 is 2.08 bits per heavy atom. The fourth-order valence-corrected chi connectivity index (χ4v) is 3.63. The maximum absolute atomic E-state index is 14.1. The van der Waals surface area contributed by atoms with E-state index in [4.69, 9.17) is 0 Å². The Morgan fingerprint density at radius 3 is 2.80 bits per heavy atom. The lowest BCUT2D eigenvalue weighted by molar-refractivity contribution is 0.104. The number of aryl methyl sites for hydroxylation is 2. The lowest BCUT2D eigenvalue weighted by Crippen LogP contribution is -2.47. The van der Waals surface area contributed by atoms with Gasteiger partial charge in [-0.15, -0.1) is 0 Å². The molecule has 0 unspecified atom stereocenters. The minimum atomic E-state index is -0.586. The molecule has 6 heteroatoms. The van der Waals surface area contributed by atoms with Crippen molar-refractivity contribution >= 4 is 5.82 Å². The Balaban J connectivity index is 1.87. The van der Waals surface area contributed by atoms with E-state index >= 15 is 0 Å². The molecular formula is C19H23F2N3O. The standard InChI is InChI=1S/C19H23F2N3O/c1-13-10-22-14(2)23-18(13)24-7-3-6-19(11-24,12-25)9-15-4-5-16(20)8-17(15)21/h4-5,8,10,25H,3,6-7,9,11-12H2,1-2H3/t19-/m0/s1. The van der Waals surface area contributed by atoms with Crippen LogP contribution >= 0.6 is 0 Å². The highest BCUT2D eigenvalue weighted by Crippen LogP contribution is 2.36. The van der Waals surface area contributed by atoms with Gasteiger partial charge in [0, 0.05) is 36.3 Å². The summed E-state index contributed by atoms with van der Waals surface area (Å²) >= 11 is 0. The fourth-order valence-electron chi connectivity index (χ4n) is 3.63. The molecule has 1 N–H and O–H groups in total. The summed E-state index contributed by atoms with van der Waals surface area (Å²) in [6.45, 7) is 5.18. The van der Waals surface area contributed by atoms with Crippen molar-refractivity contribution < 1.29 is 13.9 Å². The second-order valence-electron chi connectivity index (χ2n) is 7.02. The van der Waals surface area contributed by atoms with Gasteiger partial charge in [-0.2, -0.15) is 0 Å². The van der Waals surface area contributed by atoms with Gasteiger partial charge in [0.25, 0.3) is 0 Å². The molecule has 1 atom stereocenters. The van der Waals surface area contributed by atoms with Gasteiger partial charge in [-0.1, -0.05) is 6.07 Å². The van der Waals surface area contributed by atoms with Crippen LogP contribution in [0, 0.1) is 30.9 Å². The zero-order valence-electron chi connectivity index (χ0n) is 14.6. The van der Waals surface area contributed by atoms with Crippen molar-refractivity contribution in [1.29, 1.82) is 0 Å². The number of piperidine rings is 1. The van der Waals surface area contributed by atoms with Crippen LogP contribution in [0.2, 0.25) is 0 Å². The van der Waals surface area contributed by atoms with Gasteiger partial charge >= 0.3 is 0 Å². The topological polar surface area (TPSA) is 49.2 Å². The molecule has 0 saturated carbocycles. The van der Waals surface area contributed by atoms with Gasteiger partial charge in [0.1, 0.15) is 23.3 Å². The molecule has 1 aromatic heterocycles. The van der Waals surface area contributed by atoms with Gasteiger partial charge in [0.2, 0.25) is 0 Å². The highest BCUT2D eigenvalue weighted by molar-refractivity contribution is 5.46. The summed E-state index contributed by atoms with van der Waals surface area (Å²) in [5.41, 5.74) is 0.947. The first-order valence-corrected chi connectivity index (χ1v) is 8.52. The minimum Gasteiger partial charge on any atom is -0.396 e. The summed E-state index contributed by atoms with van der Waals surface area (Å²) in [5, 5.41) is 10.1. The molecular weight excluding hydrogens is 324 g/mol. The van der Waals surface area contributed by atoms with Crippen LogP contribution in [0.1, 0.15) is 29.8 Å². The Morgan fingerprint density at radius 1 is 1.28 bits per heavy atom. The Bertz CT molecular complexity index is 768.